The number of hydrogen-bond acceptors (Lipinski definition) is 6. The van der Waals surface area contributed by atoms with E-state index in [1.807, 2.05) is 43.5 Å². The van der Waals surface area contributed by atoms with Gasteiger partial charge in [-0.1, -0.05) is 23.9 Å². The number of nitrogens with one attached hydrogen (secondary N) is 2. The van der Waals surface area contributed by atoms with Crippen molar-refractivity contribution in [1.29, 1.82) is 0 Å². The number of carbonyl (C=O) groups excluding carboxylic acids is 2. The fourth-order valence-electron chi connectivity index (χ4n) is 2.31. The summed E-state index contributed by atoms with van der Waals surface area (Å²) in [5.74, 6) is -0.269. The standard InChI is InChI=1S/C18H18N4O2S2/c1-11-4-3-5-13(12(11)2)22-15(23)8-19-16(24)9-26-18-17-14(6-7-25-17)20-10-21-18/h3-7,10H,8-9H2,1-2H3,(H,19,24)(H,22,23). The lowest BCUT2D eigenvalue weighted by Gasteiger charge is -2.11. The van der Waals surface area contributed by atoms with Gasteiger partial charge in [0.1, 0.15) is 11.4 Å². The molecule has 0 saturated carbocycles. The van der Waals surface area contributed by atoms with Gasteiger partial charge in [0.05, 0.1) is 22.5 Å². The summed E-state index contributed by atoms with van der Waals surface area (Å²) in [4.78, 5) is 32.5. The number of hydrogen-bond donors (Lipinski definition) is 2. The number of nitrogens with zero attached hydrogens (tertiary/aromatic N) is 2. The van der Waals surface area contributed by atoms with Gasteiger partial charge >= 0.3 is 0 Å². The molecular formula is C18H18N4O2S2. The van der Waals surface area contributed by atoms with Gasteiger partial charge in [-0.15, -0.1) is 11.3 Å². The molecule has 0 radical (unpaired) electrons. The SMILES string of the molecule is Cc1cccc(NC(=O)CNC(=O)CSc2ncnc3ccsc23)c1C. The lowest BCUT2D eigenvalue weighted by molar-refractivity contribution is -0.122. The van der Waals surface area contributed by atoms with Crippen molar-refractivity contribution in [2.24, 2.45) is 0 Å². The van der Waals surface area contributed by atoms with Gasteiger partial charge in [-0.25, -0.2) is 9.97 Å². The second-order valence-corrected chi connectivity index (χ2v) is 7.56. The van der Waals surface area contributed by atoms with Crippen molar-refractivity contribution >= 4 is 50.8 Å². The largest absolute Gasteiger partial charge is 0.346 e. The minimum Gasteiger partial charge on any atom is -0.346 e. The highest BCUT2D eigenvalue weighted by Gasteiger charge is 2.11. The molecule has 0 unspecified atom stereocenters. The van der Waals surface area contributed by atoms with E-state index in [1.165, 1.54) is 18.1 Å². The second-order valence-electron chi connectivity index (χ2n) is 5.67. The summed E-state index contributed by atoms with van der Waals surface area (Å²) < 4.78 is 0.970. The number of carbonyl (C=O) groups is 2. The molecule has 0 fully saturated rings. The zero-order valence-corrected chi connectivity index (χ0v) is 16.0. The highest BCUT2D eigenvalue weighted by molar-refractivity contribution is 8.00. The van der Waals surface area contributed by atoms with Crippen LogP contribution in [0.3, 0.4) is 0 Å². The number of anilines is 1. The molecule has 0 bridgehead atoms. The molecule has 1 aromatic carbocycles. The lowest BCUT2D eigenvalue weighted by Crippen LogP contribution is -2.34. The summed E-state index contributed by atoms with van der Waals surface area (Å²) in [7, 11) is 0. The van der Waals surface area contributed by atoms with Crippen LogP contribution in [-0.2, 0) is 9.59 Å². The minimum absolute atomic E-state index is 0.0645. The van der Waals surface area contributed by atoms with E-state index in [4.69, 9.17) is 0 Å². The van der Waals surface area contributed by atoms with Crippen LogP contribution in [0.1, 0.15) is 11.1 Å². The molecule has 0 spiro atoms. The highest BCUT2D eigenvalue weighted by atomic mass is 32.2. The van der Waals surface area contributed by atoms with Gasteiger partial charge in [0.2, 0.25) is 11.8 Å². The Labute approximate surface area is 159 Å². The summed E-state index contributed by atoms with van der Waals surface area (Å²) in [5, 5.41) is 8.18. The van der Waals surface area contributed by atoms with Crippen molar-refractivity contribution in [1.82, 2.24) is 15.3 Å². The maximum absolute atomic E-state index is 12.0. The molecule has 2 aromatic heterocycles. The van der Waals surface area contributed by atoms with E-state index in [0.717, 1.165) is 32.1 Å². The van der Waals surface area contributed by atoms with Gasteiger partial charge in [0.15, 0.2) is 0 Å². The fourth-order valence-corrected chi connectivity index (χ4v) is 4.09. The zero-order chi connectivity index (χ0) is 18.5. The molecule has 0 aliphatic carbocycles. The molecule has 2 amide bonds. The third kappa shape index (κ3) is 4.39. The van der Waals surface area contributed by atoms with Gasteiger partial charge in [0, 0.05) is 5.69 Å². The van der Waals surface area contributed by atoms with Crippen LogP contribution in [0, 0.1) is 13.8 Å². The Balaban J connectivity index is 1.49. The third-order valence-electron chi connectivity index (χ3n) is 3.88. The topological polar surface area (TPSA) is 84.0 Å². The number of rotatable bonds is 6. The van der Waals surface area contributed by atoms with E-state index in [2.05, 4.69) is 20.6 Å². The number of aromatic nitrogens is 2. The zero-order valence-electron chi connectivity index (χ0n) is 14.4. The quantitative estimate of drug-likeness (QED) is 0.502. The van der Waals surface area contributed by atoms with Gasteiger partial charge in [-0.05, 0) is 42.5 Å². The monoisotopic (exact) mass is 386 g/mol. The Morgan fingerprint density at radius 1 is 1.15 bits per heavy atom. The first-order valence-electron chi connectivity index (χ1n) is 7.98. The van der Waals surface area contributed by atoms with Crippen molar-refractivity contribution in [3.05, 3.63) is 47.1 Å². The molecule has 134 valence electrons. The maximum Gasteiger partial charge on any atom is 0.243 e. The van der Waals surface area contributed by atoms with E-state index in [1.54, 1.807) is 11.3 Å². The molecule has 0 aliphatic rings. The predicted molar refractivity (Wildman–Crippen MR) is 106 cm³/mol. The summed E-state index contributed by atoms with van der Waals surface area (Å²) in [6, 6.07) is 7.64. The van der Waals surface area contributed by atoms with E-state index < -0.39 is 0 Å². The molecular weight excluding hydrogens is 368 g/mol. The van der Waals surface area contributed by atoms with E-state index in [9.17, 15) is 9.59 Å². The fraction of sp³-hybridized carbons (Fsp3) is 0.222. The number of fused-ring (bicyclic) bond motifs is 1. The molecule has 2 N–H and O–H groups in total. The smallest absolute Gasteiger partial charge is 0.243 e. The highest BCUT2D eigenvalue weighted by Crippen LogP contribution is 2.28. The third-order valence-corrected chi connectivity index (χ3v) is 5.90. The van der Waals surface area contributed by atoms with E-state index in [0.29, 0.717) is 0 Å². The molecule has 0 aliphatic heterocycles. The summed E-state index contributed by atoms with van der Waals surface area (Å²) >= 11 is 2.88. The van der Waals surface area contributed by atoms with E-state index >= 15 is 0 Å². The van der Waals surface area contributed by atoms with Crippen molar-refractivity contribution < 1.29 is 9.59 Å². The molecule has 26 heavy (non-hydrogen) atoms. The van der Waals surface area contributed by atoms with Crippen LogP contribution in [0.15, 0.2) is 41.0 Å². The molecule has 2 heterocycles. The summed E-state index contributed by atoms with van der Waals surface area (Å²) in [6.45, 7) is 3.87. The maximum atomic E-state index is 12.0. The van der Waals surface area contributed by atoms with Crippen LogP contribution in [0.5, 0.6) is 0 Å². The van der Waals surface area contributed by atoms with E-state index in [-0.39, 0.29) is 24.1 Å². The first kappa shape index (κ1) is 18.3. The molecule has 0 saturated heterocycles. The van der Waals surface area contributed by atoms with Crippen LogP contribution < -0.4 is 10.6 Å². The van der Waals surface area contributed by atoms with Crippen LogP contribution in [-0.4, -0.2) is 34.1 Å². The second kappa shape index (κ2) is 8.29. The van der Waals surface area contributed by atoms with Crippen LogP contribution >= 0.6 is 23.1 Å². The number of amides is 2. The first-order chi connectivity index (χ1) is 12.5. The number of aryl methyl sites for hydroxylation is 1. The Morgan fingerprint density at radius 3 is 2.85 bits per heavy atom. The van der Waals surface area contributed by atoms with Gasteiger partial charge in [-0.3, -0.25) is 9.59 Å². The number of thiophene rings is 1. The van der Waals surface area contributed by atoms with Crippen molar-refractivity contribution in [2.75, 3.05) is 17.6 Å². The van der Waals surface area contributed by atoms with Crippen LogP contribution in [0.4, 0.5) is 5.69 Å². The van der Waals surface area contributed by atoms with Gasteiger partial charge in [0.25, 0.3) is 0 Å². The molecule has 3 rings (SSSR count). The summed E-state index contributed by atoms with van der Waals surface area (Å²) in [6.07, 6.45) is 1.49. The Kier molecular flexibility index (Phi) is 5.85. The average Bonchev–Trinajstić information content (AvgIpc) is 3.11. The Morgan fingerprint density at radius 2 is 2.00 bits per heavy atom. The van der Waals surface area contributed by atoms with Crippen LogP contribution in [0.25, 0.3) is 10.2 Å². The normalized spacial score (nSPS) is 10.7. The van der Waals surface area contributed by atoms with Crippen molar-refractivity contribution in [2.45, 2.75) is 18.9 Å². The Hall–Kier alpha value is -2.45. The summed E-state index contributed by atoms with van der Waals surface area (Å²) in [5.41, 5.74) is 3.76. The molecule has 3 aromatic rings. The van der Waals surface area contributed by atoms with Crippen molar-refractivity contribution in [3.63, 3.8) is 0 Å². The molecule has 0 atom stereocenters. The number of thioether (sulfide) groups is 1. The predicted octanol–water partition coefficient (Wildman–Crippen LogP) is 3.16. The molecule has 6 nitrogen and oxygen atoms in total. The van der Waals surface area contributed by atoms with Gasteiger partial charge in [-0.2, -0.15) is 0 Å². The first-order valence-corrected chi connectivity index (χ1v) is 9.85. The van der Waals surface area contributed by atoms with Crippen LogP contribution in [0.2, 0.25) is 0 Å². The van der Waals surface area contributed by atoms with Crippen molar-refractivity contribution in [3.8, 4) is 0 Å². The molecule has 8 heteroatoms. The van der Waals surface area contributed by atoms with Gasteiger partial charge < -0.3 is 10.6 Å². The Bertz CT molecular complexity index is 955. The minimum atomic E-state index is -0.250. The lowest BCUT2D eigenvalue weighted by atomic mass is 10.1. The number of benzene rings is 1. The average molecular weight is 387 g/mol.